The summed E-state index contributed by atoms with van der Waals surface area (Å²) in [7, 11) is -3.42. The van der Waals surface area contributed by atoms with Crippen molar-refractivity contribution in [2.75, 3.05) is 32.8 Å². The molecule has 3 rings (SSSR count). The normalized spacial score (nSPS) is 24.1. The van der Waals surface area contributed by atoms with Gasteiger partial charge >= 0.3 is 0 Å². The summed E-state index contributed by atoms with van der Waals surface area (Å²) in [6, 6.07) is 5.12. The zero-order chi connectivity index (χ0) is 17.9. The minimum absolute atomic E-state index is 0.343. The van der Waals surface area contributed by atoms with Crippen LogP contribution in [0.5, 0.6) is 5.75 Å². The van der Waals surface area contributed by atoms with Crippen molar-refractivity contribution in [1.29, 1.82) is 0 Å². The number of ether oxygens (including phenoxy) is 1. The van der Waals surface area contributed by atoms with Crippen LogP contribution in [-0.4, -0.2) is 46.1 Å². The van der Waals surface area contributed by atoms with Crippen molar-refractivity contribution in [1.82, 2.24) is 9.62 Å². The number of rotatable bonds is 7. The average Bonchev–Trinajstić information content (AvgIpc) is 3.01. The van der Waals surface area contributed by atoms with Gasteiger partial charge in [-0.1, -0.05) is 13.8 Å². The molecular weight excluding hydrogens is 336 g/mol. The van der Waals surface area contributed by atoms with Crippen LogP contribution in [0.3, 0.4) is 0 Å². The van der Waals surface area contributed by atoms with Gasteiger partial charge in [0.2, 0.25) is 10.0 Å². The second-order valence-electron chi connectivity index (χ2n) is 7.68. The minimum atomic E-state index is -3.42. The highest BCUT2D eigenvalue weighted by Gasteiger charge is 2.21. The summed E-state index contributed by atoms with van der Waals surface area (Å²) in [5.41, 5.74) is 0.983. The molecule has 0 spiro atoms. The van der Waals surface area contributed by atoms with Gasteiger partial charge in [-0.15, -0.1) is 0 Å². The van der Waals surface area contributed by atoms with Gasteiger partial charge in [-0.25, -0.2) is 13.1 Å². The van der Waals surface area contributed by atoms with Gasteiger partial charge in [0.15, 0.2) is 0 Å². The molecule has 2 aliphatic heterocycles. The van der Waals surface area contributed by atoms with E-state index in [0.717, 1.165) is 49.0 Å². The Hall–Kier alpha value is -1.11. The minimum Gasteiger partial charge on any atom is -0.493 e. The van der Waals surface area contributed by atoms with E-state index in [1.807, 2.05) is 0 Å². The van der Waals surface area contributed by atoms with E-state index in [4.69, 9.17) is 4.74 Å². The highest BCUT2D eigenvalue weighted by molar-refractivity contribution is 7.89. The SMILES string of the molecule is C[C@@H]1C[C@H](C)CN(CCCCNS(=O)(=O)c2ccc3c(c2)CCO3)C1. The van der Waals surface area contributed by atoms with Gasteiger partial charge in [0.25, 0.3) is 0 Å². The third-order valence-electron chi connectivity index (χ3n) is 5.11. The Bertz CT molecular complexity index is 680. The summed E-state index contributed by atoms with van der Waals surface area (Å²) >= 11 is 0. The van der Waals surface area contributed by atoms with Crippen LogP contribution in [-0.2, 0) is 16.4 Å². The van der Waals surface area contributed by atoms with Crippen LogP contribution in [0, 0.1) is 11.8 Å². The molecule has 25 heavy (non-hydrogen) atoms. The summed E-state index contributed by atoms with van der Waals surface area (Å²) < 4.78 is 33.0. The molecule has 2 heterocycles. The Labute approximate surface area is 151 Å². The maximum absolute atomic E-state index is 12.4. The van der Waals surface area contributed by atoms with E-state index in [-0.39, 0.29) is 0 Å². The predicted octanol–water partition coefficient (Wildman–Crippen LogP) is 2.66. The van der Waals surface area contributed by atoms with Gasteiger partial charge in [0.1, 0.15) is 5.75 Å². The molecule has 0 bridgehead atoms. The second-order valence-corrected chi connectivity index (χ2v) is 9.45. The van der Waals surface area contributed by atoms with E-state index < -0.39 is 10.0 Å². The number of piperidine rings is 1. The number of nitrogens with zero attached hydrogens (tertiary/aromatic N) is 1. The largest absolute Gasteiger partial charge is 0.493 e. The number of hydrogen-bond acceptors (Lipinski definition) is 4. The fourth-order valence-electron chi connectivity index (χ4n) is 4.05. The predicted molar refractivity (Wildman–Crippen MR) is 99.4 cm³/mol. The summed E-state index contributed by atoms with van der Waals surface area (Å²) in [5.74, 6) is 2.35. The van der Waals surface area contributed by atoms with Crippen molar-refractivity contribution in [2.24, 2.45) is 11.8 Å². The third-order valence-corrected chi connectivity index (χ3v) is 6.57. The smallest absolute Gasteiger partial charge is 0.240 e. The monoisotopic (exact) mass is 366 g/mol. The molecule has 1 saturated heterocycles. The van der Waals surface area contributed by atoms with Crippen LogP contribution in [0.1, 0.15) is 38.7 Å². The number of fused-ring (bicyclic) bond motifs is 1. The van der Waals surface area contributed by atoms with Crippen LogP contribution in [0.15, 0.2) is 23.1 Å². The van der Waals surface area contributed by atoms with Gasteiger partial charge in [-0.2, -0.15) is 0 Å². The van der Waals surface area contributed by atoms with Crippen LogP contribution >= 0.6 is 0 Å². The topological polar surface area (TPSA) is 58.6 Å². The molecule has 1 N–H and O–H groups in total. The lowest BCUT2D eigenvalue weighted by Gasteiger charge is -2.34. The molecule has 6 heteroatoms. The Morgan fingerprint density at radius 2 is 1.96 bits per heavy atom. The van der Waals surface area contributed by atoms with Gasteiger partial charge in [0.05, 0.1) is 11.5 Å². The number of unbranched alkanes of at least 4 members (excludes halogenated alkanes) is 1. The molecule has 0 aromatic heterocycles. The molecule has 0 amide bonds. The van der Waals surface area contributed by atoms with E-state index in [1.54, 1.807) is 18.2 Å². The van der Waals surface area contributed by atoms with Gasteiger partial charge in [0, 0.05) is 26.1 Å². The molecule has 5 nitrogen and oxygen atoms in total. The van der Waals surface area contributed by atoms with Crippen LogP contribution in [0.25, 0.3) is 0 Å². The Kier molecular flexibility index (Phi) is 6.02. The lowest BCUT2D eigenvalue weighted by atomic mass is 9.92. The molecule has 2 atom stereocenters. The van der Waals surface area contributed by atoms with Crippen molar-refractivity contribution in [3.8, 4) is 5.75 Å². The number of hydrogen-bond donors (Lipinski definition) is 1. The van der Waals surface area contributed by atoms with Crippen LogP contribution in [0.4, 0.5) is 0 Å². The number of nitrogens with one attached hydrogen (secondary N) is 1. The van der Waals surface area contributed by atoms with E-state index in [0.29, 0.717) is 18.0 Å². The van der Waals surface area contributed by atoms with E-state index >= 15 is 0 Å². The molecule has 0 unspecified atom stereocenters. The maximum atomic E-state index is 12.4. The molecule has 1 aromatic carbocycles. The van der Waals surface area contributed by atoms with Gasteiger partial charge in [-0.05, 0) is 61.4 Å². The van der Waals surface area contributed by atoms with E-state index in [1.165, 1.54) is 19.5 Å². The second kappa shape index (κ2) is 8.06. The van der Waals surface area contributed by atoms with Gasteiger partial charge < -0.3 is 9.64 Å². The van der Waals surface area contributed by atoms with E-state index in [9.17, 15) is 8.42 Å². The first kappa shape index (κ1) is 18.7. The maximum Gasteiger partial charge on any atom is 0.240 e. The summed E-state index contributed by atoms with van der Waals surface area (Å²) in [6.45, 7) is 9.18. The number of likely N-dealkylation sites (tertiary alicyclic amines) is 1. The van der Waals surface area contributed by atoms with Crippen molar-refractivity contribution in [3.63, 3.8) is 0 Å². The van der Waals surface area contributed by atoms with Crippen LogP contribution in [0.2, 0.25) is 0 Å². The lowest BCUT2D eigenvalue weighted by Crippen LogP contribution is -2.39. The first-order valence-corrected chi connectivity index (χ1v) is 10.9. The summed E-state index contributed by atoms with van der Waals surface area (Å²) in [5, 5.41) is 0. The van der Waals surface area contributed by atoms with Crippen LogP contribution < -0.4 is 9.46 Å². The summed E-state index contributed by atoms with van der Waals surface area (Å²) in [6.07, 6.45) is 4.00. The van der Waals surface area contributed by atoms with Crippen molar-refractivity contribution in [3.05, 3.63) is 23.8 Å². The molecule has 1 fully saturated rings. The molecule has 140 valence electrons. The first-order valence-electron chi connectivity index (χ1n) is 9.42. The Balaban J connectivity index is 1.42. The average molecular weight is 367 g/mol. The van der Waals surface area contributed by atoms with E-state index in [2.05, 4.69) is 23.5 Å². The standard InChI is InChI=1S/C19H30N2O3S/c1-15-11-16(2)14-21(13-15)9-4-3-8-20-25(22,23)18-5-6-19-17(12-18)7-10-24-19/h5-6,12,15-16,20H,3-4,7-11,13-14H2,1-2H3/t15-,16+. The fourth-order valence-corrected chi connectivity index (χ4v) is 5.18. The zero-order valence-corrected chi connectivity index (χ0v) is 16.1. The fraction of sp³-hybridized carbons (Fsp3) is 0.684. The molecule has 1 aromatic rings. The molecule has 0 aliphatic carbocycles. The molecule has 2 aliphatic rings. The zero-order valence-electron chi connectivity index (χ0n) is 15.3. The first-order chi connectivity index (χ1) is 11.9. The van der Waals surface area contributed by atoms with Crippen molar-refractivity contribution in [2.45, 2.75) is 44.4 Å². The van der Waals surface area contributed by atoms with Crippen molar-refractivity contribution < 1.29 is 13.2 Å². The number of sulfonamides is 1. The highest BCUT2D eigenvalue weighted by atomic mass is 32.2. The lowest BCUT2D eigenvalue weighted by molar-refractivity contribution is 0.139. The van der Waals surface area contributed by atoms with Crippen molar-refractivity contribution >= 4 is 10.0 Å². The number of benzene rings is 1. The quantitative estimate of drug-likeness (QED) is 0.754. The third kappa shape index (κ3) is 4.96. The summed E-state index contributed by atoms with van der Waals surface area (Å²) in [4.78, 5) is 2.86. The molecular formula is C19H30N2O3S. The Morgan fingerprint density at radius 1 is 1.20 bits per heavy atom. The molecule has 0 radical (unpaired) electrons. The van der Waals surface area contributed by atoms with Gasteiger partial charge in [-0.3, -0.25) is 0 Å². The highest BCUT2D eigenvalue weighted by Crippen LogP contribution is 2.27. The Morgan fingerprint density at radius 3 is 2.72 bits per heavy atom. The molecule has 0 saturated carbocycles.